The van der Waals surface area contributed by atoms with E-state index in [-0.39, 0.29) is 0 Å². The van der Waals surface area contributed by atoms with Gasteiger partial charge in [-0.2, -0.15) is 0 Å². The van der Waals surface area contributed by atoms with E-state index in [1.165, 1.54) is 12.8 Å². The number of piperidine rings is 1. The second-order valence-corrected chi connectivity index (χ2v) is 4.65. The molecule has 3 heteroatoms. The molecule has 0 radical (unpaired) electrons. The van der Waals surface area contributed by atoms with E-state index in [9.17, 15) is 0 Å². The molecule has 0 spiro atoms. The van der Waals surface area contributed by atoms with E-state index in [4.69, 9.17) is 10.5 Å². The Morgan fingerprint density at radius 3 is 2.80 bits per heavy atom. The van der Waals surface area contributed by atoms with Gasteiger partial charge in [0.2, 0.25) is 0 Å². The Bertz CT molecular complexity index is 175. The van der Waals surface area contributed by atoms with Crippen LogP contribution in [0.2, 0.25) is 0 Å². The van der Waals surface area contributed by atoms with Crippen LogP contribution in [0, 0.1) is 0 Å². The normalized spacial score (nSPS) is 30.4. The molecular formula is C12H26N2O. The van der Waals surface area contributed by atoms with E-state index < -0.39 is 0 Å². The molecule has 3 unspecified atom stereocenters. The fraction of sp³-hybridized carbons (Fsp3) is 1.00. The lowest BCUT2D eigenvalue weighted by molar-refractivity contribution is -0.00255. The third kappa shape index (κ3) is 3.44. The molecular weight excluding hydrogens is 188 g/mol. The summed E-state index contributed by atoms with van der Waals surface area (Å²) in [6.07, 6.45) is 5.20. The first kappa shape index (κ1) is 12.9. The van der Waals surface area contributed by atoms with E-state index >= 15 is 0 Å². The van der Waals surface area contributed by atoms with Gasteiger partial charge in [0.25, 0.3) is 0 Å². The van der Waals surface area contributed by atoms with Crippen LogP contribution >= 0.6 is 0 Å². The van der Waals surface area contributed by atoms with Crippen molar-refractivity contribution in [1.29, 1.82) is 0 Å². The van der Waals surface area contributed by atoms with Crippen molar-refractivity contribution >= 4 is 0 Å². The van der Waals surface area contributed by atoms with Gasteiger partial charge >= 0.3 is 0 Å². The molecule has 0 aromatic heterocycles. The Kier molecular flexibility index (Phi) is 5.58. The average molecular weight is 214 g/mol. The Morgan fingerprint density at radius 2 is 2.27 bits per heavy atom. The highest BCUT2D eigenvalue weighted by atomic mass is 16.5. The molecule has 3 atom stereocenters. The summed E-state index contributed by atoms with van der Waals surface area (Å²) in [5, 5.41) is 0. The highest BCUT2D eigenvalue weighted by Crippen LogP contribution is 2.22. The highest BCUT2D eigenvalue weighted by molar-refractivity contribution is 4.85. The van der Waals surface area contributed by atoms with Crippen LogP contribution in [0.25, 0.3) is 0 Å². The number of nitrogens with two attached hydrogens (primary N) is 1. The van der Waals surface area contributed by atoms with Crippen LogP contribution in [0.3, 0.4) is 0 Å². The summed E-state index contributed by atoms with van der Waals surface area (Å²) in [6, 6.07) is 1.19. The zero-order chi connectivity index (χ0) is 11.3. The van der Waals surface area contributed by atoms with E-state index in [0.29, 0.717) is 18.2 Å². The molecule has 0 amide bonds. The third-order valence-electron chi connectivity index (χ3n) is 3.59. The first-order chi connectivity index (χ1) is 7.22. The summed E-state index contributed by atoms with van der Waals surface area (Å²) in [5.41, 5.74) is 5.85. The predicted molar refractivity (Wildman–Crippen MR) is 63.9 cm³/mol. The van der Waals surface area contributed by atoms with E-state index in [2.05, 4.69) is 18.7 Å². The minimum atomic E-state index is 0.420. The van der Waals surface area contributed by atoms with Crippen molar-refractivity contribution in [2.75, 3.05) is 20.2 Å². The van der Waals surface area contributed by atoms with Gasteiger partial charge in [-0.15, -0.1) is 0 Å². The van der Waals surface area contributed by atoms with Crippen LogP contribution in [0.5, 0.6) is 0 Å². The van der Waals surface area contributed by atoms with Gasteiger partial charge in [-0.25, -0.2) is 0 Å². The Hall–Kier alpha value is -0.120. The maximum atomic E-state index is 5.85. The van der Waals surface area contributed by atoms with Gasteiger partial charge in [-0.3, -0.25) is 4.90 Å². The molecule has 0 bridgehead atoms. The van der Waals surface area contributed by atoms with Crippen molar-refractivity contribution in [3.8, 4) is 0 Å². The molecule has 3 nitrogen and oxygen atoms in total. The lowest BCUT2D eigenvalue weighted by atomic mass is 9.96. The number of likely N-dealkylation sites (tertiary alicyclic amines) is 1. The number of nitrogens with zero attached hydrogens (tertiary/aromatic N) is 1. The molecule has 1 rings (SSSR count). The van der Waals surface area contributed by atoms with E-state index in [1.807, 2.05) is 7.11 Å². The number of hydrogen-bond donors (Lipinski definition) is 1. The molecule has 15 heavy (non-hydrogen) atoms. The molecule has 1 aliphatic heterocycles. The molecule has 1 saturated heterocycles. The maximum Gasteiger partial charge on any atom is 0.0599 e. The van der Waals surface area contributed by atoms with Crippen molar-refractivity contribution in [2.45, 2.75) is 57.7 Å². The van der Waals surface area contributed by atoms with Crippen LogP contribution in [-0.2, 0) is 4.74 Å². The van der Waals surface area contributed by atoms with Gasteiger partial charge in [-0.1, -0.05) is 13.3 Å². The molecule has 1 aliphatic rings. The van der Waals surface area contributed by atoms with Crippen molar-refractivity contribution in [1.82, 2.24) is 4.90 Å². The Morgan fingerprint density at radius 1 is 1.53 bits per heavy atom. The third-order valence-corrected chi connectivity index (χ3v) is 3.59. The van der Waals surface area contributed by atoms with Gasteiger partial charge in [-0.05, 0) is 26.2 Å². The summed E-state index contributed by atoms with van der Waals surface area (Å²) >= 11 is 0. The summed E-state index contributed by atoms with van der Waals surface area (Å²) in [7, 11) is 1.81. The smallest absolute Gasteiger partial charge is 0.0599 e. The fourth-order valence-corrected chi connectivity index (χ4v) is 2.64. The molecule has 0 aromatic carbocycles. The van der Waals surface area contributed by atoms with Crippen molar-refractivity contribution in [3.05, 3.63) is 0 Å². The molecule has 0 aliphatic carbocycles. The van der Waals surface area contributed by atoms with Crippen molar-refractivity contribution in [2.24, 2.45) is 5.73 Å². The van der Waals surface area contributed by atoms with Gasteiger partial charge in [0.1, 0.15) is 0 Å². The molecule has 2 N–H and O–H groups in total. The molecule has 0 aromatic rings. The van der Waals surface area contributed by atoms with Gasteiger partial charge in [0.05, 0.1) is 6.10 Å². The minimum Gasteiger partial charge on any atom is -0.381 e. The van der Waals surface area contributed by atoms with Crippen molar-refractivity contribution in [3.63, 3.8) is 0 Å². The lowest BCUT2D eigenvalue weighted by Crippen LogP contribution is -2.52. The minimum absolute atomic E-state index is 0.420. The van der Waals surface area contributed by atoms with Crippen LogP contribution in [0.4, 0.5) is 0 Å². The summed E-state index contributed by atoms with van der Waals surface area (Å²) in [4.78, 5) is 2.57. The quantitative estimate of drug-likeness (QED) is 0.755. The number of hydrogen-bond acceptors (Lipinski definition) is 3. The monoisotopic (exact) mass is 214 g/mol. The van der Waals surface area contributed by atoms with Crippen LogP contribution in [0.1, 0.15) is 39.5 Å². The molecule has 1 heterocycles. The van der Waals surface area contributed by atoms with Crippen LogP contribution < -0.4 is 5.73 Å². The zero-order valence-corrected chi connectivity index (χ0v) is 10.4. The van der Waals surface area contributed by atoms with Gasteiger partial charge in [0, 0.05) is 32.3 Å². The van der Waals surface area contributed by atoms with Crippen molar-refractivity contribution < 1.29 is 4.74 Å². The second-order valence-electron chi connectivity index (χ2n) is 4.65. The largest absolute Gasteiger partial charge is 0.381 e. The number of methoxy groups -OCH3 is 1. The van der Waals surface area contributed by atoms with Crippen LogP contribution in [-0.4, -0.2) is 43.3 Å². The summed E-state index contributed by atoms with van der Waals surface area (Å²) in [6.45, 7) is 6.46. The fourth-order valence-electron chi connectivity index (χ4n) is 2.64. The van der Waals surface area contributed by atoms with E-state index in [0.717, 1.165) is 25.9 Å². The molecule has 90 valence electrons. The zero-order valence-electron chi connectivity index (χ0n) is 10.4. The highest BCUT2D eigenvalue weighted by Gasteiger charge is 2.29. The SMILES string of the molecule is CCCC(C)N1CCC(OC)CC1CN. The van der Waals surface area contributed by atoms with Gasteiger partial charge in [0.15, 0.2) is 0 Å². The topological polar surface area (TPSA) is 38.5 Å². The first-order valence-electron chi connectivity index (χ1n) is 6.21. The number of ether oxygens (including phenoxy) is 1. The van der Waals surface area contributed by atoms with Gasteiger partial charge < -0.3 is 10.5 Å². The first-order valence-corrected chi connectivity index (χ1v) is 6.21. The Labute approximate surface area is 94.0 Å². The van der Waals surface area contributed by atoms with E-state index in [1.54, 1.807) is 0 Å². The van der Waals surface area contributed by atoms with Crippen LogP contribution in [0.15, 0.2) is 0 Å². The second kappa shape index (κ2) is 6.46. The lowest BCUT2D eigenvalue weighted by Gasteiger charge is -2.42. The number of rotatable bonds is 5. The summed E-state index contributed by atoms with van der Waals surface area (Å²) in [5.74, 6) is 0. The molecule has 1 fully saturated rings. The predicted octanol–water partition coefficient (Wildman–Crippen LogP) is 1.61. The standard InChI is InChI=1S/C12H26N2O/c1-4-5-10(2)14-7-6-12(15-3)8-11(14)9-13/h10-12H,4-9,13H2,1-3H3. The Balaban J connectivity index is 2.49. The maximum absolute atomic E-state index is 5.85. The summed E-state index contributed by atoms with van der Waals surface area (Å²) < 4.78 is 5.43. The molecule has 0 saturated carbocycles. The average Bonchev–Trinajstić information content (AvgIpc) is 2.28.